The first kappa shape index (κ1) is 15.1. The Bertz CT molecular complexity index is 917. The number of nitrogens with zero attached hydrogens (tertiary/aromatic N) is 2. The molecule has 2 heterocycles. The molecule has 1 aromatic heterocycles. The first-order valence-electron chi connectivity index (χ1n) is 7.02. The fourth-order valence-electron chi connectivity index (χ4n) is 3.39. The van der Waals surface area contributed by atoms with Gasteiger partial charge in [0.05, 0.1) is 11.1 Å². The van der Waals surface area contributed by atoms with Gasteiger partial charge < -0.3 is 9.88 Å². The van der Waals surface area contributed by atoms with Crippen molar-refractivity contribution in [1.29, 1.82) is 0 Å². The first-order valence-corrected chi connectivity index (χ1v) is 7.02. The summed E-state index contributed by atoms with van der Waals surface area (Å²) in [6.45, 7) is 3.96. The van der Waals surface area contributed by atoms with Gasteiger partial charge in [0.1, 0.15) is 0 Å². The van der Waals surface area contributed by atoms with Gasteiger partial charge in [-0.1, -0.05) is 12.1 Å². The molecule has 3 aromatic rings. The monoisotopic (exact) mass is 468 g/mol. The smallest absolute Gasteiger partial charge is 0.236 e. The van der Waals surface area contributed by atoms with Crippen LogP contribution in [-0.4, -0.2) is 17.9 Å². The number of carbonyl (C=O) groups excluding carboxylic acids is 1. The molecular formula is C18H15IrN2O-. The van der Waals surface area contributed by atoms with E-state index < -0.39 is 5.41 Å². The minimum absolute atomic E-state index is 0. The van der Waals surface area contributed by atoms with Crippen LogP contribution in [0.4, 0.5) is 5.69 Å². The predicted octanol–water partition coefficient (Wildman–Crippen LogP) is 3.44. The molecule has 0 aliphatic carbocycles. The molecule has 0 saturated carbocycles. The van der Waals surface area contributed by atoms with E-state index in [4.69, 9.17) is 0 Å². The molecule has 0 fully saturated rings. The Morgan fingerprint density at radius 2 is 2.00 bits per heavy atom. The number of aromatic nitrogens is 1. The Hall–Kier alpha value is -1.77. The number of amides is 1. The Balaban J connectivity index is 0.00000144. The SMILES string of the molecule is CN1C(=O)C(C)(C)c2c1cnc1c2ccc2ccc[c-]c21.[Ir]. The summed E-state index contributed by atoms with van der Waals surface area (Å²) in [6.07, 6.45) is 1.81. The Kier molecular flexibility index (Phi) is 3.35. The molecular weight excluding hydrogens is 452 g/mol. The maximum Gasteiger partial charge on any atom is 0.236 e. The van der Waals surface area contributed by atoms with E-state index in [-0.39, 0.29) is 26.0 Å². The van der Waals surface area contributed by atoms with E-state index in [1.54, 1.807) is 4.90 Å². The topological polar surface area (TPSA) is 33.2 Å². The molecule has 22 heavy (non-hydrogen) atoms. The second kappa shape index (κ2) is 4.87. The van der Waals surface area contributed by atoms with Crippen LogP contribution in [0.3, 0.4) is 0 Å². The molecule has 0 N–H and O–H groups in total. The third kappa shape index (κ3) is 1.77. The summed E-state index contributed by atoms with van der Waals surface area (Å²) in [4.78, 5) is 18.8. The molecule has 3 nitrogen and oxygen atoms in total. The van der Waals surface area contributed by atoms with E-state index in [2.05, 4.69) is 29.2 Å². The standard InChI is InChI=1S/C18H15N2O.Ir/c1-18(2)15-13-9-8-11-6-4-5-7-12(11)16(13)19-10-14(15)20(3)17(18)21;/h4-6,8-10H,1-3H3;/q-1;. The molecule has 4 rings (SSSR count). The summed E-state index contributed by atoms with van der Waals surface area (Å²) in [5.41, 5.74) is 2.38. The van der Waals surface area contributed by atoms with Gasteiger partial charge in [-0.25, -0.2) is 0 Å². The van der Waals surface area contributed by atoms with Gasteiger partial charge in [0.2, 0.25) is 5.91 Å². The summed E-state index contributed by atoms with van der Waals surface area (Å²) in [6, 6.07) is 13.4. The van der Waals surface area contributed by atoms with E-state index in [0.717, 1.165) is 32.9 Å². The van der Waals surface area contributed by atoms with Crippen LogP contribution < -0.4 is 4.90 Å². The molecule has 0 saturated heterocycles. The van der Waals surface area contributed by atoms with Gasteiger partial charge >= 0.3 is 0 Å². The van der Waals surface area contributed by atoms with Crippen LogP contribution in [0.5, 0.6) is 0 Å². The van der Waals surface area contributed by atoms with E-state index in [1.165, 1.54) is 0 Å². The van der Waals surface area contributed by atoms with Crippen molar-refractivity contribution in [3.63, 3.8) is 0 Å². The van der Waals surface area contributed by atoms with Crippen LogP contribution in [-0.2, 0) is 30.3 Å². The molecule has 0 unspecified atom stereocenters. The van der Waals surface area contributed by atoms with Crippen molar-refractivity contribution < 1.29 is 24.9 Å². The Labute approximate surface area is 142 Å². The quantitative estimate of drug-likeness (QED) is 0.375. The second-order valence-electron chi connectivity index (χ2n) is 6.10. The molecule has 4 heteroatoms. The van der Waals surface area contributed by atoms with Gasteiger partial charge in [-0.3, -0.25) is 4.79 Å². The summed E-state index contributed by atoms with van der Waals surface area (Å²) >= 11 is 0. The van der Waals surface area contributed by atoms with Gasteiger partial charge in [-0.2, -0.15) is 0 Å². The number of benzene rings is 2. The first-order chi connectivity index (χ1) is 10.0. The molecule has 0 bridgehead atoms. The van der Waals surface area contributed by atoms with Gasteiger partial charge in [-0.15, -0.1) is 35.0 Å². The average Bonchev–Trinajstić information content (AvgIpc) is 2.68. The third-order valence-electron chi connectivity index (χ3n) is 4.48. The number of pyridine rings is 1. The van der Waals surface area contributed by atoms with Crippen molar-refractivity contribution in [3.05, 3.63) is 48.2 Å². The molecule has 1 aliphatic rings. The van der Waals surface area contributed by atoms with Crippen LogP contribution in [0.2, 0.25) is 0 Å². The van der Waals surface area contributed by atoms with Crippen LogP contribution in [0, 0.1) is 6.07 Å². The van der Waals surface area contributed by atoms with Gasteiger partial charge in [0.15, 0.2) is 0 Å². The van der Waals surface area contributed by atoms with Crippen LogP contribution >= 0.6 is 0 Å². The van der Waals surface area contributed by atoms with Crippen LogP contribution in [0.25, 0.3) is 21.7 Å². The number of fused-ring (bicyclic) bond motifs is 5. The second-order valence-corrected chi connectivity index (χ2v) is 6.10. The summed E-state index contributed by atoms with van der Waals surface area (Å²) in [5.74, 6) is 0.115. The van der Waals surface area contributed by atoms with Crippen molar-refractivity contribution in [2.75, 3.05) is 11.9 Å². The number of hydrogen-bond donors (Lipinski definition) is 0. The maximum atomic E-state index is 12.5. The van der Waals surface area contributed by atoms with Crippen molar-refractivity contribution in [2.24, 2.45) is 0 Å². The average molecular weight is 468 g/mol. The number of likely N-dealkylation sites (N-methyl/N-ethyl adjacent to an activating group) is 1. The van der Waals surface area contributed by atoms with E-state index >= 15 is 0 Å². The zero-order valence-corrected chi connectivity index (χ0v) is 15.0. The third-order valence-corrected chi connectivity index (χ3v) is 4.48. The van der Waals surface area contributed by atoms with Crippen molar-refractivity contribution in [3.8, 4) is 0 Å². The molecule has 1 amide bonds. The molecule has 0 atom stereocenters. The van der Waals surface area contributed by atoms with Gasteiger partial charge in [-0.05, 0) is 30.3 Å². The summed E-state index contributed by atoms with van der Waals surface area (Å²) < 4.78 is 0. The van der Waals surface area contributed by atoms with Crippen molar-refractivity contribution in [1.82, 2.24) is 4.98 Å². The van der Waals surface area contributed by atoms with E-state index in [9.17, 15) is 4.79 Å². The molecule has 1 radical (unpaired) electrons. The Morgan fingerprint density at radius 3 is 2.77 bits per heavy atom. The van der Waals surface area contributed by atoms with Crippen molar-refractivity contribution >= 4 is 33.3 Å². The fourth-order valence-corrected chi connectivity index (χ4v) is 3.39. The predicted molar refractivity (Wildman–Crippen MR) is 84.5 cm³/mol. The minimum Gasteiger partial charge on any atom is -0.313 e. The van der Waals surface area contributed by atoms with Gasteiger partial charge in [0.25, 0.3) is 0 Å². The summed E-state index contributed by atoms with van der Waals surface area (Å²) in [7, 11) is 1.82. The van der Waals surface area contributed by atoms with Crippen LogP contribution in [0.1, 0.15) is 19.4 Å². The normalized spacial score (nSPS) is 16.0. The minimum atomic E-state index is -0.520. The fraction of sp³-hybridized carbons (Fsp3) is 0.222. The largest absolute Gasteiger partial charge is 0.313 e. The number of rotatable bonds is 0. The number of hydrogen-bond acceptors (Lipinski definition) is 2. The molecule has 1 aliphatic heterocycles. The zero-order valence-electron chi connectivity index (χ0n) is 12.6. The molecule has 113 valence electrons. The molecule has 2 aromatic carbocycles. The summed E-state index contributed by atoms with van der Waals surface area (Å²) in [5, 5.41) is 3.17. The van der Waals surface area contributed by atoms with E-state index in [1.807, 2.05) is 39.2 Å². The zero-order chi connectivity index (χ0) is 14.8. The van der Waals surface area contributed by atoms with Crippen molar-refractivity contribution in [2.45, 2.75) is 19.3 Å². The number of anilines is 1. The van der Waals surface area contributed by atoms with Crippen LogP contribution in [0.15, 0.2) is 36.5 Å². The number of carbonyl (C=O) groups is 1. The van der Waals surface area contributed by atoms with E-state index in [0.29, 0.717) is 0 Å². The maximum absolute atomic E-state index is 12.5. The Morgan fingerprint density at radius 1 is 1.23 bits per heavy atom. The van der Waals surface area contributed by atoms with Gasteiger partial charge in [0, 0.05) is 33.3 Å². The molecule has 0 spiro atoms.